The lowest BCUT2D eigenvalue weighted by molar-refractivity contribution is -0.384. The molecule has 1 aromatic carbocycles. The topological polar surface area (TPSA) is 89.3 Å². The van der Waals surface area contributed by atoms with Crippen LogP contribution in [0, 0.1) is 26.4 Å². The summed E-state index contributed by atoms with van der Waals surface area (Å²) in [6.45, 7) is 5.86. The van der Waals surface area contributed by atoms with Crippen LogP contribution in [0.5, 0.6) is 0 Å². The molecule has 2 aliphatic carbocycles. The number of carbonyl (C=O) groups is 2. The van der Waals surface area contributed by atoms with E-state index in [1.165, 1.54) is 18.2 Å². The van der Waals surface area contributed by atoms with Gasteiger partial charge in [0, 0.05) is 23.2 Å². The van der Waals surface area contributed by atoms with Crippen LogP contribution >= 0.6 is 15.9 Å². The van der Waals surface area contributed by atoms with Crippen molar-refractivity contribution < 1.29 is 14.5 Å². The summed E-state index contributed by atoms with van der Waals surface area (Å²) < 4.78 is 0. The molecule has 24 heavy (non-hydrogen) atoms. The molecule has 0 heterocycles. The van der Waals surface area contributed by atoms with Gasteiger partial charge < -0.3 is 5.32 Å². The third-order valence-corrected chi connectivity index (χ3v) is 7.64. The van der Waals surface area contributed by atoms with E-state index >= 15 is 0 Å². The van der Waals surface area contributed by atoms with Crippen molar-refractivity contribution in [2.24, 2.45) is 16.2 Å². The molecule has 2 bridgehead atoms. The number of nitrogens with zero attached hydrogens (tertiary/aromatic N) is 1. The second-order valence-electron chi connectivity index (χ2n) is 7.42. The lowest BCUT2D eigenvalue weighted by atomic mass is 9.64. The van der Waals surface area contributed by atoms with E-state index in [9.17, 15) is 19.7 Å². The van der Waals surface area contributed by atoms with Crippen LogP contribution in [0.3, 0.4) is 0 Å². The number of fused-ring (bicyclic) bond motifs is 2. The average molecular weight is 395 g/mol. The number of nitro groups is 1. The zero-order valence-corrected chi connectivity index (χ0v) is 15.3. The predicted molar refractivity (Wildman–Crippen MR) is 93.0 cm³/mol. The first-order chi connectivity index (χ1) is 11.1. The molecule has 0 aliphatic heterocycles. The summed E-state index contributed by atoms with van der Waals surface area (Å²) >= 11 is 3.46. The Hall–Kier alpha value is -1.76. The van der Waals surface area contributed by atoms with E-state index in [4.69, 9.17) is 0 Å². The number of amides is 1. The SMILES string of the molecule is CC12CCC(C(=O)Nc3cccc([N+](=O)[O-])c3)(C(Br)C1=O)C2(C)C. The Labute approximate surface area is 148 Å². The van der Waals surface area contributed by atoms with Gasteiger partial charge in [0.25, 0.3) is 5.69 Å². The molecular formula is C17H19BrN2O4. The van der Waals surface area contributed by atoms with Gasteiger partial charge in [-0.1, -0.05) is 42.8 Å². The van der Waals surface area contributed by atoms with Gasteiger partial charge >= 0.3 is 0 Å². The molecule has 128 valence electrons. The number of nitrogens with one attached hydrogen (secondary N) is 1. The minimum Gasteiger partial charge on any atom is -0.325 e. The Kier molecular flexibility index (Phi) is 3.64. The van der Waals surface area contributed by atoms with Crippen molar-refractivity contribution in [2.75, 3.05) is 5.32 Å². The van der Waals surface area contributed by atoms with Gasteiger partial charge in [0.15, 0.2) is 5.78 Å². The molecule has 1 amide bonds. The summed E-state index contributed by atoms with van der Waals surface area (Å²) in [6.07, 6.45) is 1.28. The quantitative estimate of drug-likeness (QED) is 0.480. The minimum absolute atomic E-state index is 0.0629. The largest absolute Gasteiger partial charge is 0.325 e. The number of alkyl halides is 1. The lowest BCUT2D eigenvalue weighted by Gasteiger charge is -2.39. The highest BCUT2D eigenvalue weighted by Gasteiger charge is 2.76. The van der Waals surface area contributed by atoms with Crippen molar-refractivity contribution in [3.8, 4) is 0 Å². The van der Waals surface area contributed by atoms with Crippen molar-refractivity contribution in [3.05, 3.63) is 34.4 Å². The number of ketones is 1. The molecule has 1 aromatic rings. The summed E-state index contributed by atoms with van der Waals surface area (Å²) in [5.41, 5.74) is -1.62. The Morgan fingerprint density at radius 2 is 2.00 bits per heavy atom. The maximum atomic E-state index is 13.1. The number of hydrogen-bond donors (Lipinski definition) is 1. The van der Waals surface area contributed by atoms with Crippen LogP contribution in [-0.2, 0) is 9.59 Å². The summed E-state index contributed by atoms with van der Waals surface area (Å²) in [4.78, 5) is 35.7. The zero-order valence-electron chi connectivity index (χ0n) is 13.8. The number of halogens is 1. The third kappa shape index (κ3) is 1.87. The third-order valence-electron chi connectivity index (χ3n) is 6.44. The number of carbonyl (C=O) groups excluding carboxylic acids is 2. The molecule has 7 heteroatoms. The van der Waals surface area contributed by atoms with Gasteiger partial charge in [-0.15, -0.1) is 0 Å². The number of anilines is 1. The molecule has 0 spiro atoms. The van der Waals surface area contributed by atoms with E-state index in [2.05, 4.69) is 21.2 Å². The number of hydrogen-bond acceptors (Lipinski definition) is 4. The smallest absolute Gasteiger partial charge is 0.271 e. The second-order valence-corrected chi connectivity index (χ2v) is 8.33. The van der Waals surface area contributed by atoms with Crippen molar-refractivity contribution in [2.45, 2.75) is 38.4 Å². The number of nitro benzene ring substituents is 1. The number of non-ortho nitro benzene ring substituents is 1. The van der Waals surface area contributed by atoms with Gasteiger partial charge in [0.05, 0.1) is 15.2 Å². The summed E-state index contributed by atoms with van der Waals surface area (Å²) in [5.74, 6) is -0.197. The Morgan fingerprint density at radius 1 is 1.33 bits per heavy atom. The van der Waals surface area contributed by atoms with Crippen LogP contribution < -0.4 is 5.32 Å². The first-order valence-corrected chi connectivity index (χ1v) is 8.74. The Balaban J connectivity index is 1.97. The molecule has 2 aliphatic rings. The maximum Gasteiger partial charge on any atom is 0.271 e. The van der Waals surface area contributed by atoms with Crippen molar-refractivity contribution in [1.29, 1.82) is 0 Å². The van der Waals surface area contributed by atoms with Crippen LogP contribution in [0.15, 0.2) is 24.3 Å². The molecule has 0 radical (unpaired) electrons. The van der Waals surface area contributed by atoms with Gasteiger partial charge in [-0.05, 0) is 24.3 Å². The molecular weight excluding hydrogens is 376 g/mol. The van der Waals surface area contributed by atoms with E-state index in [0.29, 0.717) is 18.5 Å². The van der Waals surface area contributed by atoms with Crippen molar-refractivity contribution in [1.82, 2.24) is 0 Å². The zero-order chi connectivity index (χ0) is 17.9. The standard InChI is InChI=1S/C17H19BrN2O4/c1-15(2)16(3)7-8-17(15,12(18)13(16)21)14(22)19-10-5-4-6-11(9-10)20(23)24/h4-6,9,12H,7-8H2,1-3H3,(H,19,22). The van der Waals surface area contributed by atoms with Gasteiger partial charge in [0.2, 0.25) is 5.91 Å². The molecule has 0 aromatic heterocycles. The number of rotatable bonds is 3. The van der Waals surface area contributed by atoms with Crippen molar-refractivity contribution >= 4 is 39.0 Å². The number of benzene rings is 1. The van der Waals surface area contributed by atoms with E-state index in [1.54, 1.807) is 6.07 Å². The summed E-state index contributed by atoms with van der Waals surface area (Å²) in [6, 6.07) is 5.84. The molecule has 2 fully saturated rings. The van der Waals surface area contributed by atoms with Gasteiger partial charge in [-0.25, -0.2) is 0 Å². The van der Waals surface area contributed by atoms with E-state index in [1.807, 2.05) is 20.8 Å². The lowest BCUT2D eigenvalue weighted by Crippen LogP contribution is -2.47. The fraction of sp³-hybridized carbons (Fsp3) is 0.529. The molecule has 3 unspecified atom stereocenters. The summed E-state index contributed by atoms with van der Waals surface area (Å²) in [5, 5.41) is 13.7. The van der Waals surface area contributed by atoms with E-state index in [-0.39, 0.29) is 17.4 Å². The van der Waals surface area contributed by atoms with Gasteiger partial charge in [-0.3, -0.25) is 19.7 Å². The molecule has 0 saturated heterocycles. The summed E-state index contributed by atoms with van der Waals surface area (Å²) in [7, 11) is 0. The normalized spacial score (nSPS) is 33.5. The fourth-order valence-electron chi connectivity index (χ4n) is 4.40. The fourth-order valence-corrected chi connectivity index (χ4v) is 5.91. The molecule has 6 nitrogen and oxygen atoms in total. The van der Waals surface area contributed by atoms with Crippen LogP contribution in [0.1, 0.15) is 33.6 Å². The van der Waals surface area contributed by atoms with Crippen LogP contribution in [-0.4, -0.2) is 21.4 Å². The molecule has 3 atom stereocenters. The minimum atomic E-state index is -0.858. The van der Waals surface area contributed by atoms with E-state index in [0.717, 1.165) is 0 Å². The predicted octanol–water partition coefficient (Wildman–Crippen LogP) is 3.69. The monoisotopic (exact) mass is 394 g/mol. The highest BCUT2D eigenvalue weighted by molar-refractivity contribution is 9.10. The number of Topliss-reactive ketones (excluding diaryl/α,β-unsaturated/α-hetero) is 1. The molecule has 1 N–H and O–H groups in total. The average Bonchev–Trinajstić information content (AvgIpc) is 2.79. The first kappa shape index (κ1) is 17.1. The second kappa shape index (κ2) is 5.12. The molecule has 2 saturated carbocycles. The van der Waals surface area contributed by atoms with Crippen LogP contribution in [0.2, 0.25) is 0 Å². The highest BCUT2D eigenvalue weighted by atomic mass is 79.9. The van der Waals surface area contributed by atoms with Crippen LogP contribution in [0.25, 0.3) is 0 Å². The Bertz CT molecular complexity index is 763. The first-order valence-electron chi connectivity index (χ1n) is 7.82. The Morgan fingerprint density at radius 3 is 2.54 bits per heavy atom. The van der Waals surface area contributed by atoms with Gasteiger partial charge in [0.1, 0.15) is 0 Å². The van der Waals surface area contributed by atoms with Crippen LogP contribution in [0.4, 0.5) is 11.4 Å². The maximum absolute atomic E-state index is 13.1. The molecule has 3 rings (SSSR count). The highest BCUT2D eigenvalue weighted by Crippen LogP contribution is 2.72. The van der Waals surface area contributed by atoms with Crippen molar-refractivity contribution in [3.63, 3.8) is 0 Å². The van der Waals surface area contributed by atoms with Gasteiger partial charge in [-0.2, -0.15) is 0 Å². The van der Waals surface area contributed by atoms with E-state index < -0.39 is 26.0 Å².